The topological polar surface area (TPSA) is 78.5 Å². The third-order valence-corrected chi connectivity index (χ3v) is 5.20. The van der Waals surface area contributed by atoms with Crippen molar-refractivity contribution in [3.05, 3.63) is 59.7 Å². The second kappa shape index (κ2) is 9.37. The van der Waals surface area contributed by atoms with Crippen LogP contribution in [-0.2, 0) is 16.0 Å². The Labute approximate surface area is 171 Å². The normalized spacial score (nSPS) is 16.0. The fraction of sp³-hybridized carbons (Fsp3) is 0.348. The van der Waals surface area contributed by atoms with Crippen molar-refractivity contribution in [2.75, 3.05) is 23.8 Å². The highest BCUT2D eigenvalue weighted by Gasteiger charge is 2.35. The molecule has 1 heterocycles. The van der Waals surface area contributed by atoms with Crippen molar-refractivity contribution in [2.24, 2.45) is 5.92 Å². The summed E-state index contributed by atoms with van der Waals surface area (Å²) in [7, 11) is 1.57. The number of nitrogens with one attached hydrogen (secondary N) is 2. The van der Waals surface area contributed by atoms with Crippen molar-refractivity contribution in [1.29, 1.82) is 0 Å². The van der Waals surface area contributed by atoms with Crippen molar-refractivity contribution in [3.63, 3.8) is 0 Å². The summed E-state index contributed by atoms with van der Waals surface area (Å²) in [5.74, 6) is -0.809. The van der Waals surface area contributed by atoms with Crippen LogP contribution in [0.15, 0.2) is 48.5 Å². The van der Waals surface area contributed by atoms with Crippen LogP contribution < -0.4 is 15.5 Å². The van der Waals surface area contributed by atoms with E-state index in [0.717, 1.165) is 24.9 Å². The van der Waals surface area contributed by atoms with Crippen LogP contribution in [0, 0.1) is 5.92 Å². The first-order chi connectivity index (χ1) is 14.0. The molecule has 0 bridgehead atoms. The van der Waals surface area contributed by atoms with Gasteiger partial charge in [0.15, 0.2) is 0 Å². The van der Waals surface area contributed by atoms with Gasteiger partial charge in [-0.05, 0) is 54.8 Å². The quantitative estimate of drug-likeness (QED) is 0.757. The zero-order chi connectivity index (χ0) is 20.8. The minimum Gasteiger partial charge on any atom is -0.355 e. The van der Waals surface area contributed by atoms with Crippen molar-refractivity contribution in [3.8, 4) is 0 Å². The van der Waals surface area contributed by atoms with Gasteiger partial charge in [-0.2, -0.15) is 0 Å². The minimum absolute atomic E-state index is 0.0403. The number of nitrogens with zero attached hydrogens (tertiary/aromatic N) is 1. The van der Waals surface area contributed by atoms with Gasteiger partial charge >= 0.3 is 0 Å². The predicted molar refractivity (Wildman–Crippen MR) is 114 cm³/mol. The lowest BCUT2D eigenvalue weighted by molar-refractivity contribution is -0.122. The fourth-order valence-corrected chi connectivity index (χ4v) is 3.45. The van der Waals surface area contributed by atoms with Crippen molar-refractivity contribution < 1.29 is 14.4 Å². The van der Waals surface area contributed by atoms with Crippen LogP contribution in [0.1, 0.15) is 42.1 Å². The van der Waals surface area contributed by atoms with Gasteiger partial charge in [0.25, 0.3) is 5.91 Å². The van der Waals surface area contributed by atoms with Gasteiger partial charge in [0.2, 0.25) is 11.8 Å². The van der Waals surface area contributed by atoms with Crippen LogP contribution in [0.5, 0.6) is 0 Å². The lowest BCUT2D eigenvalue weighted by Gasteiger charge is -2.17. The third kappa shape index (κ3) is 5.02. The number of hydrogen-bond donors (Lipinski definition) is 2. The van der Waals surface area contributed by atoms with Gasteiger partial charge in [0.1, 0.15) is 0 Å². The smallest absolute Gasteiger partial charge is 0.251 e. The van der Waals surface area contributed by atoms with E-state index in [1.807, 2.05) is 12.1 Å². The molecular formula is C23H27N3O3. The van der Waals surface area contributed by atoms with E-state index >= 15 is 0 Å². The number of unbranched alkanes of at least 4 members (excludes halogenated alkanes) is 1. The lowest BCUT2D eigenvalue weighted by atomic mass is 10.1. The summed E-state index contributed by atoms with van der Waals surface area (Å²) in [4.78, 5) is 38.3. The molecule has 1 saturated heterocycles. The average molecular weight is 393 g/mol. The Morgan fingerprint density at radius 1 is 1.07 bits per heavy atom. The standard InChI is InChI=1S/C23H27N3O3/c1-3-4-5-16-6-12-20(13-7-16)26-15-18(14-21(26)27)23(29)25-19-10-8-17(9-11-19)22(28)24-2/h6-13,18H,3-5,14-15H2,1-2H3,(H,24,28)(H,25,29). The van der Waals surface area contributed by atoms with Crippen LogP contribution in [-0.4, -0.2) is 31.3 Å². The zero-order valence-electron chi connectivity index (χ0n) is 16.9. The Hall–Kier alpha value is -3.15. The van der Waals surface area contributed by atoms with Crippen LogP contribution in [0.25, 0.3) is 0 Å². The molecule has 1 aliphatic heterocycles. The Balaban J connectivity index is 1.60. The molecule has 1 fully saturated rings. The zero-order valence-corrected chi connectivity index (χ0v) is 16.9. The summed E-state index contributed by atoms with van der Waals surface area (Å²) >= 11 is 0. The minimum atomic E-state index is -0.402. The number of carbonyl (C=O) groups excluding carboxylic acids is 3. The van der Waals surface area contributed by atoms with Gasteiger partial charge < -0.3 is 15.5 Å². The fourth-order valence-electron chi connectivity index (χ4n) is 3.45. The maximum atomic E-state index is 12.6. The highest BCUT2D eigenvalue weighted by Crippen LogP contribution is 2.26. The van der Waals surface area contributed by atoms with Gasteiger partial charge in [0.05, 0.1) is 5.92 Å². The SMILES string of the molecule is CCCCc1ccc(N2CC(C(=O)Nc3ccc(C(=O)NC)cc3)CC2=O)cc1. The predicted octanol–water partition coefficient (Wildman–Crippen LogP) is 3.38. The van der Waals surface area contributed by atoms with Crippen molar-refractivity contribution in [2.45, 2.75) is 32.6 Å². The molecule has 2 aromatic rings. The molecule has 0 saturated carbocycles. The molecule has 0 radical (unpaired) electrons. The number of amides is 3. The molecule has 0 spiro atoms. The molecule has 0 aliphatic carbocycles. The Bertz CT molecular complexity index is 875. The second-order valence-corrected chi connectivity index (χ2v) is 7.32. The molecule has 6 heteroatoms. The Morgan fingerprint density at radius 2 is 1.76 bits per heavy atom. The molecule has 3 rings (SSSR count). The molecule has 152 valence electrons. The highest BCUT2D eigenvalue weighted by molar-refractivity contribution is 6.03. The third-order valence-electron chi connectivity index (χ3n) is 5.20. The first kappa shape index (κ1) is 20.6. The number of rotatable bonds is 7. The molecular weight excluding hydrogens is 366 g/mol. The van der Waals surface area contributed by atoms with E-state index in [-0.39, 0.29) is 24.1 Å². The summed E-state index contributed by atoms with van der Waals surface area (Å²) in [6, 6.07) is 14.7. The lowest BCUT2D eigenvalue weighted by Crippen LogP contribution is -2.28. The molecule has 29 heavy (non-hydrogen) atoms. The summed E-state index contributed by atoms with van der Waals surface area (Å²) in [6.07, 6.45) is 3.53. The van der Waals surface area contributed by atoms with Crippen LogP contribution in [0.4, 0.5) is 11.4 Å². The monoisotopic (exact) mass is 393 g/mol. The Kier molecular flexibility index (Phi) is 6.65. The van der Waals surface area contributed by atoms with Crippen molar-refractivity contribution >= 4 is 29.1 Å². The first-order valence-corrected chi connectivity index (χ1v) is 10.0. The molecule has 1 atom stereocenters. The second-order valence-electron chi connectivity index (χ2n) is 7.32. The van der Waals surface area contributed by atoms with E-state index in [9.17, 15) is 14.4 Å². The summed E-state index contributed by atoms with van der Waals surface area (Å²) < 4.78 is 0. The van der Waals surface area contributed by atoms with Gasteiger partial charge in [0, 0.05) is 37.0 Å². The van der Waals surface area contributed by atoms with Gasteiger partial charge in [-0.3, -0.25) is 14.4 Å². The molecule has 2 N–H and O–H groups in total. The van der Waals surface area contributed by atoms with E-state index < -0.39 is 5.92 Å². The highest BCUT2D eigenvalue weighted by atomic mass is 16.2. The molecule has 1 aliphatic rings. The van der Waals surface area contributed by atoms with Crippen LogP contribution in [0.2, 0.25) is 0 Å². The largest absolute Gasteiger partial charge is 0.355 e. The van der Waals surface area contributed by atoms with E-state index in [0.29, 0.717) is 17.8 Å². The maximum Gasteiger partial charge on any atom is 0.251 e. The van der Waals surface area contributed by atoms with Crippen LogP contribution >= 0.6 is 0 Å². The van der Waals surface area contributed by atoms with Gasteiger partial charge in [-0.25, -0.2) is 0 Å². The number of aryl methyl sites for hydroxylation is 1. The summed E-state index contributed by atoms with van der Waals surface area (Å²) in [5, 5.41) is 5.40. The van der Waals surface area contributed by atoms with E-state index in [4.69, 9.17) is 0 Å². The molecule has 0 aromatic heterocycles. The molecule has 6 nitrogen and oxygen atoms in total. The summed E-state index contributed by atoms with van der Waals surface area (Å²) in [6.45, 7) is 2.54. The number of carbonyl (C=O) groups is 3. The maximum absolute atomic E-state index is 12.6. The summed E-state index contributed by atoms with van der Waals surface area (Å²) in [5.41, 5.74) is 3.22. The Morgan fingerprint density at radius 3 is 2.38 bits per heavy atom. The van der Waals surface area contributed by atoms with Crippen LogP contribution in [0.3, 0.4) is 0 Å². The number of hydrogen-bond acceptors (Lipinski definition) is 3. The average Bonchev–Trinajstić information content (AvgIpc) is 3.14. The van der Waals surface area contributed by atoms with Gasteiger partial charge in [-0.1, -0.05) is 25.5 Å². The molecule has 3 amide bonds. The number of anilines is 2. The van der Waals surface area contributed by atoms with E-state index in [1.54, 1.807) is 36.2 Å². The van der Waals surface area contributed by atoms with Gasteiger partial charge in [-0.15, -0.1) is 0 Å². The van der Waals surface area contributed by atoms with Crippen molar-refractivity contribution in [1.82, 2.24) is 5.32 Å². The number of benzene rings is 2. The first-order valence-electron chi connectivity index (χ1n) is 10.0. The van der Waals surface area contributed by atoms with E-state index in [2.05, 4.69) is 29.7 Å². The van der Waals surface area contributed by atoms with E-state index in [1.165, 1.54) is 5.56 Å². The molecule has 2 aromatic carbocycles. The molecule has 1 unspecified atom stereocenters.